The Morgan fingerprint density at radius 1 is 1.07 bits per heavy atom. The van der Waals surface area contributed by atoms with Crippen LogP contribution in [0.25, 0.3) is 17.0 Å². The molecule has 27 heavy (non-hydrogen) atoms. The summed E-state index contributed by atoms with van der Waals surface area (Å²) in [4.78, 5) is 17.5. The molecule has 0 saturated carbocycles. The van der Waals surface area contributed by atoms with Crippen molar-refractivity contribution in [3.63, 3.8) is 0 Å². The van der Waals surface area contributed by atoms with Gasteiger partial charge in [0.2, 0.25) is 0 Å². The van der Waals surface area contributed by atoms with Crippen molar-refractivity contribution < 1.29 is 0 Å². The van der Waals surface area contributed by atoms with Gasteiger partial charge in [0.05, 0.1) is 22.6 Å². The van der Waals surface area contributed by atoms with Gasteiger partial charge in [0, 0.05) is 10.9 Å². The van der Waals surface area contributed by atoms with Crippen LogP contribution in [-0.2, 0) is 12.8 Å². The van der Waals surface area contributed by atoms with Crippen LogP contribution in [-0.4, -0.2) is 19.9 Å². The molecule has 0 atom stereocenters. The molecule has 4 rings (SSSR count). The standard InChI is InChI=1S/C12H16N2.C11H12N2/c1-8(2)12-10-6-4-5-7-11(10)13-9(3)14-12;1-3-10-9-6-8(2)4-5-11(9)13-7-12-10/h4,6,8H,5,7H2,1-3H3;4-7H,3H2,1-2H3. The Labute approximate surface area is 161 Å². The maximum atomic E-state index is 4.52. The summed E-state index contributed by atoms with van der Waals surface area (Å²) in [6, 6.07) is 6.27. The molecule has 1 aliphatic carbocycles. The Morgan fingerprint density at radius 3 is 2.63 bits per heavy atom. The van der Waals surface area contributed by atoms with E-state index in [0.717, 1.165) is 36.3 Å². The fourth-order valence-electron chi connectivity index (χ4n) is 3.40. The quantitative estimate of drug-likeness (QED) is 0.616. The second kappa shape index (κ2) is 8.38. The number of aromatic nitrogens is 4. The number of benzene rings is 1. The van der Waals surface area contributed by atoms with Crippen LogP contribution >= 0.6 is 0 Å². The van der Waals surface area contributed by atoms with E-state index in [2.05, 4.69) is 71.9 Å². The fourth-order valence-corrected chi connectivity index (χ4v) is 3.40. The second-order valence-electron chi connectivity index (χ2n) is 7.31. The lowest BCUT2D eigenvalue weighted by Crippen LogP contribution is -2.08. The molecular weight excluding hydrogens is 332 g/mol. The SMILES string of the molecule is CCc1ncnc2ccc(C)cc12.Cc1nc2c(c(C(C)C)n1)C=CCC2. The normalized spacial score (nSPS) is 12.7. The smallest absolute Gasteiger partial charge is 0.125 e. The Morgan fingerprint density at radius 2 is 1.89 bits per heavy atom. The molecule has 2 aromatic heterocycles. The van der Waals surface area contributed by atoms with Gasteiger partial charge in [0.1, 0.15) is 12.2 Å². The molecule has 0 fully saturated rings. The first-order valence-electron chi connectivity index (χ1n) is 9.73. The highest BCUT2D eigenvalue weighted by atomic mass is 14.9. The summed E-state index contributed by atoms with van der Waals surface area (Å²) >= 11 is 0. The number of nitrogens with zero attached hydrogens (tertiary/aromatic N) is 4. The van der Waals surface area contributed by atoms with Crippen LogP contribution in [0, 0.1) is 13.8 Å². The molecule has 0 radical (unpaired) electrons. The minimum Gasteiger partial charge on any atom is -0.241 e. The maximum Gasteiger partial charge on any atom is 0.125 e. The molecule has 4 heteroatoms. The average molecular weight is 361 g/mol. The van der Waals surface area contributed by atoms with E-state index < -0.39 is 0 Å². The molecule has 1 aromatic carbocycles. The van der Waals surface area contributed by atoms with Crippen molar-refractivity contribution in [1.82, 2.24) is 19.9 Å². The summed E-state index contributed by atoms with van der Waals surface area (Å²) < 4.78 is 0. The summed E-state index contributed by atoms with van der Waals surface area (Å²) in [6.45, 7) is 10.6. The van der Waals surface area contributed by atoms with Crippen LogP contribution < -0.4 is 0 Å². The lowest BCUT2D eigenvalue weighted by atomic mass is 9.96. The highest BCUT2D eigenvalue weighted by Crippen LogP contribution is 2.25. The first-order valence-corrected chi connectivity index (χ1v) is 9.73. The molecule has 3 aromatic rings. The van der Waals surface area contributed by atoms with Crippen LogP contribution in [0.15, 0.2) is 30.6 Å². The third-order valence-electron chi connectivity index (χ3n) is 4.75. The zero-order chi connectivity index (χ0) is 19.4. The van der Waals surface area contributed by atoms with E-state index in [9.17, 15) is 0 Å². The molecule has 1 aliphatic rings. The van der Waals surface area contributed by atoms with Crippen LogP contribution in [0.1, 0.15) is 67.1 Å². The Bertz CT molecular complexity index is 974. The van der Waals surface area contributed by atoms with Crippen LogP contribution in [0.4, 0.5) is 0 Å². The molecular formula is C23H28N4. The Kier molecular flexibility index (Phi) is 5.94. The zero-order valence-corrected chi connectivity index (χ0v) is 17.0. The van der Waals surface area contributed by atoms with Crippen LogP contribution in [0.5, 0.6) is 0 Å². The number of aryl methyl sites for hydroxylation is 4. The van der Waals surface area contributed by atoms with E-state index in [0.29, 0.717) is 5.92 Å². The average Bonchev–Trinajstić information content (AvgIpc) is 2.67. The predicted octanol–water partition coefficient (Wildman–Crippen LogP) is 5.37. The summed E-state index contributed by atoms with van der Waals surface area (Å²) in [5.41, 5.74) is 7.12. The molecule has 4 nitrogen and oxygen atoms in total. The zero-order valence-electron chi connectivity index (χ0n) is 17.0. The first-order chi connectivity index (χ1) is 13.0. The van der Waals surface area contributed by atoms with Gasteiger partial charge in [0.25, 0.3) is 0 Å². The Hall–Kier alpha value is -2.62. The van der Waals surface area contributed by atoms with Crippen molar-refractivity contribution in [1.29, 1.82) is 0 Å². The summed E-state index contributed by atoms with van der Waals surface area (Å²) in [7, 11) is 0. The van der Waals surface area contributed by atoms with E-state index in [4.69, 9.17) is 0 Å². The van der Waals surface area contributed by atoms with Gasteiger partial charge in [0.15, 0.2) is 0 Å². The monoisotopic (exact) mass is 360 g/mol. The minimum absolute atomic E-state index is 0.480. The molecule has 0 unspecified atom stereocenters. The third kappa shape index (κ3) is 4.38. The van der Waals surface area contributed by atoms with E-state index >= 15 is 0 Å². The van der Waals surface area contributed by atoms with Crippen LogP contribution in [0.2, 0.25) is 0 Å². The van der Waals surface area contributed by atoms with E-state index in [1.807, 2.05) is 13.0 Å². The molecule has 0 bridgehead atoms. The van der Waals surface area contributed by atoms with E-state index in [1.54, 1.807) is 6.33 Å². The number of rotatable bonds is 2. The molecule has 0 amide bonds. The van der Waals surface area contributed by atoms with E-state index in [-0.39, 0.29) is 0 Å². The summed E-state index contributed by atoms with van der Waals surface area (Å²) in [6.07, 6.45) is 9.16. The first kappa shape index (κ1) is 19.2. The number of hydrogen-bond acceptors (Lipinski definition) is 4. The molecule has 0 spiro atoms. The minimum atomic E-state index is 0.480. The van der Waals surface area contributed by atoms with Gasteiger partial charge >= 0.3 is 0 Å². The molecule has 140 valence electrons. The molecule has 0 saturated heterocycles. The van der Waals surface area contributed by atoms with Crippen molar-refractivity contribution in [2.45, 2.75) is 59.8 Å². The van der Waals surface area contributed by atoms with Crippen molar-refractivity contribution >= 4 is 17.0 Å². The Balaban J connectivity index is 0.000000156. The van der Waals surface area contributed by atoms with Crippen molar-refractivity contribution in [2.24, 2.45) is 0 Å². The summed E-state index contributed by atoms with van der Waals surface area (Å²) in [5, 5.41) is 1.19. The molecule has 2 heterocycles. The lowest BCUT2D eigenvalue weighted by molar-refractivity contribution is 0.772. The van der Waals surface area contributed by atoms with Gasteiger partial charge in [-0.2, -0.15) is 0 Å². The number of allylic oxidation sites excluding steroid dienone is 1. The van der Waals surface area contributed by atoms with Gasteiger partial charge in [-0.15, -0.1) is 0 Å². The second-order valence-corrected chi connectivity index (χ2v) is 7.31. The molecule has 0 N–H and O–H groups in total. The van der Waals surface area contributed by atoms with Gasteiger partial charge in [-0.05, 0) is 51.2 Å². The number of hydrogen-bond donors (Lipinski definition) is 0. The van der Waals surface area contributed by atoms with Gasteiger partial charge in [-0.25, -0.2) is 19.9 Å². The predicted molar refractivity (Wildman–Crippen MR) is 112 cm³/mol. The van der Waals surface area contributed by atoms with Gasteiger partial charge in [-0.1, -0.05) is 44.6 Å². The van der Waals surface area contributed by atoms with Gasteiger partial charge < -0.3 is 0 Å². The van der Waals surface area contributed by atoms with Crippen molar-refractivity contribution in [2.75, 3.05) is 0 Å². The van der Waals surface area contributed by atoms with Crippen LogP contribution in [0.3, 0.4) is 0 Å². The molecule has 0 aliphatic heterocycles. The highest BCUT2D eigenvalue weighted by Gasteiger charge is 2.15. The largest absolute Gasteiger partial charge is 0.241 e. The fraction of sp³-hybridized carbons (Fsp3) is 0.391. The lowest BCUT2D eigenvalue weighted by Gasteiger charge is -2.16. The van der Waals surface area contributed by atoms with E-state index in [1.165, 1.54) is 27.9 Å². The highest BCUT2D eigenvalue weighted by molar-refractivity contribution is 5.81. The third-order valence-corrected chi connectivity index (χ3v) is 4.75. The van der Waals surface area contributed by atoms with Gasteiger partial charge in [-0.3, -0.25) is 0 Å². The van der Waals surface area contributed by atoms with Crippen molar-refractivity contribution in [3.05, 3.63) is 64.6 Å². The maximum absolute atomic E-state index is 4.52. The topological polar surface area (TPSA) is 51.6 Å². The number of fused-ring (bicyclic) bond motifs is 2. The van der Waals surface area contributed by atoms with Crippen molar-refractivity contribution in [3.8, 4) is 0 Å². The summed E-state index contributed by atoms with van der Waals surface area (Å²) in [5.74, 6) is 1.39.